The van der Waals surface area contributed by atoms with Crippen LogP contribution in [0.1, 0.15) is 37.8 Å². The first kappa shape index (κ1) is 12.5. The van der Waals surface area contributed by atoms with Gasteiger partial charge in [-0.15, -0.1) is 0 Å². The molecule has 94 valence electrons. The monoisotopic (exact) mass is 236 g/mol. The maximum atomic E-state index is 12.8. The van der Waals surface area contributed by atoms with Gasteiger partial charge in [-0.2, -0.15) is 0 Å². The first-order valence-electron chi connectivity index (χ1n) is 6.48. The molecule has 0 bridgehead atoms. The second-order valence-corrected chi connectivity index (χ2v) is 4.83. The fourth-order valence-corrected chi connectivity index (χ4v) is 2.29. The van der Waals surface area contributed by atoms with Crippen molar-refractivity contribution in [1.29, 1.82) is 0 Å². The van der Waals surface area contributed by atoms with E-state index in [-0.39, 0.29) is 11.9 Å². The zero-order valence-corrected chi connectivity index (χ0v) is 10.4. The molecular formula is C14H21FN2. The molecule has 1 fully saturated rings. The fourth-order valence-electron chi connectivity index (χ4n) is 2.29. The highest BCUT2D eigenvalue weighted by Gasteiger charge is 2.13. The van der Waals surface area contributed by atoms with Crippen molar-refractivity contribution < 1.29 is 4.39 Å². The molecule has 1 heterocycles. The summed E-state index contributed by atoms with van der Waals surface area (Å²) in [5, 5.41) is 7.02. The van der Waals surface area contributed by atoms with Gasteiger partial charge in [0.1, 0.15) is 5.82 Å². The average Bonchev–Trinajstić information content (AvgIpc) is 2.38. The van der Waals surface area contributed by atoms with Gasteiger partial charge in [-0.3, -0.25) is 0 Å². The van der Waals surface area contributed by atoms with Gasteiger partial charge in [0.15, 0.2) is 0 Å². The normalized spacial score (nSPS) is 22.4. The summed E-state index contributed by atoms with van der Waals surface area (Å²) in [5.41, 5.74) is 1.14. The SMILES string of the molecule is C[C@H](NCC1CCCCN1)c1ccc(F)cc1. The maximum absolute atomic E-state index is 12.8. The lowest BCUT2D eigenvalue weighted by molar-refractivity contribution is 0.371. The minimum atomic E-state index is -0.171. The second-order valence-electron chi connectivity index (χ2n) is 4.83. The van der Waals surface area contributed by atoms with Crippen molar-refractivity contribution in [3.05, 3.63) is 35.6 Å². The molecule has 2 nitrogen and oxygen atoms in total. The van der Waals surface area contributed by atoms with E-state index < -0.39 is 0 Å². The summed E-state index contributed by atoms with van der Waals surface area (Å²) < 4.78 is 12.8. The van der Waals surface area contributed by atoms with E-state index in [1.54, 1.807) is 0 Å². The molecule has 0 aliphatic carbocycles. The van der Waals surface area contributed by atoms with Crippen LogP contribution in [0.25, 0.3) is 0 Å². The van der Waals surface area contributed by atoms with Crippen molar-refractivity contribution >= 4 is 0 Å². The van der Waals surface area contributed by atoms with Crippen LogP contribution in [0.4, 0.5) is 4.39 Å². The first-order chi connectivity index (χ1) is 8.25. The Bertz CT molecular complexity index is 331. The number of hydrogen-bond donors (Lipinski definition) is 2. The number of piperidine rings is 1. The van der Waals surface area contributed by atoms with Gasteiger partial charge >= 0.3 is 0 Å². The van der Waals surface area contributed by atoms with Crippen molar-refractivity contribution in [1.82, 2.24) is 10.6 Å². The summed E-state index contributed by atoms with van der Waals surface area (Å²) in [7, 11) is 0. The predicted octanol–water partition coefficient (Wildman–Crippen LogP) is 2.62. The highest BCUT2D eigenvalue weighted by molar-refractivity contribution is 5.19. The van der Waals surface area contributed by atoms with Crippen LogP contribution >= 0.6 is 0 Å². The predicted molar refractivity (Wildman–Crippen MR) is 68.5 cm³/mol. The van der Waals surface area contributed by atoms with Crippen LogP contribution < -0.4 is 10.6 Å². The van der Waals surface area contributed by atoms with Gasteiger partial charge in [0.25, 0.3) is 0 Å². The number of benzene rings is 1. The Hall–Kier alpha value is -0.930. The van der Waals surface area contributed by atoms with E-state index in [2.05, 4.69) is 17.6 Å². The molecule has 1 aliphatic rings. The van der Waals surface area contributed by atoms with Gasteiger partial charge in [0.05, 0.1) is 0 Å². The van der Waals surface area contributed by atoms with Crippen molar-refractivity contribution in [3.8, 4) is 0 Å². The van der Waals surface area contributed by atoms with Crippen molar-refractivity contribution in [3.63, 3.8) is 0 Å². The van der Waals surface area contributed by atoms with E-state index in [0.29, 0.717) is 6.04 Å². The van der Waals surface area contributed by atoms with Gasteiger partial charge in [0.2, 0.25) is 0 Å². The van der Waals surface area contributed by atoms with Crippen LogP contribution in [0.2, 0.25) is 0 Å². The van der Waals surface area contributed by atoms with E-state index >= 15 is 0 Å². The number of hydrogen-bond acceptors (Lipinski definition) is 2. The topological polar surface area (TPSA) is 24.1 Å². The van der Waals surface area contributed by atoms with Gasteiger partial charge in [-0.1, -0.05) is 18.6 Å². The minimum absolute atomic E-state index is 0.171. The molecule has 1 saturated heterocycles. The lowest BCUT2D eigenvalue weighted by Crippen LogP contribution is -2.42. The summed E-state index contributed by atoms with van der Waals surface area (Å²) in [6, 6.07) is 7.60. The molecule has 1 unspecified atom stereocenters. The highest BCUT2D eigenvalue weighted by Crippen LogP contribution is 2.13. The molecule has 2 N–H and O–H groups in total. The lowest BCUT2D eigenvalue weighted by atomic mass is 10.0. The summed E-state index contributed by atoms with van der Waals surface area (Å²) >= 11 is 0. The van der Waals surface area contributed by atoms with E-state index in [1.807, 2.05) is 12.1 Å². The van der Waals surface area contributed by atoms with Crippen LogP contribution in [-0.2, 0) is 0 Å². The molecule has 0 amide bonds. The molecule has 1 aliphatic heterocycles. The standard InChI is InChI=1S/C14H21FN2/c1-11(12-5-7-13(15)8-6-12)17-10-14-4-2-3-9-16-14/h5-8,11,14,16-17H,2-4,9-10H2,1H3/t11-,14?/m0/s1. The Morgan fingerprint density at radius 1 is 1.35 bits per heavy atom. The molecule has 17 heavy (non-hydrogen) atoms. The molecule has 0 saturated carbocycles. The first-order valence-corrected chi connectivity index (χ1v) is 6.48. The zero-order chi connectivity index (χ0) is 12.1. The quantitative estimate of drug-likeness (QED) is 0.839. The number of halogens is 1. The summed E-state index contributed by atoms with van der Waals surface area (Å²) in [5.74, 6) is -0.171. The maximum Gasteiger partial charge on any atom is 0.123 e. The van der Waals surface area contributed by atoms with Crippen LogP contribution in [0.15, 0.2) is 24.3 Å². The van der Waals surface area contributed by atoms with Gasteiger partial charge in [0, 0.05) is 18.6 Å². The number of nitrogens with one attached hydrogen (secondary N) is 2. The zero-order valence-electron chi connectivity index (χ0n) is 10.4. The number of rotatable bonds is 4. The molecule has 2 rings (SSSR count). The Morgan fingerprint density at radius 3 is 2.76 bits per heavy atom. The third kappa shape index (κ3) is 3.79. The highest BCUT2D eigenvalue weighted by atomic mass is 19.1. The molecule has 1 aromatic rings. The molecule has 3 heteroatoms. The minimum Gasteiger partial charge on any atom is -0.313 e. The van der Waals surface area contributed by atoms with Crippen LogP contribution in [0.5, 0.6) is 0 Å². The molecule has 0 radical (unpaired) electrons. The van der Waals surface area contributed by atoms with Gasteiger partial charge in [-0.05, 0) is 44.0 Å². The smallest absolute Gasteiger partial charge is 0.123 e. The lowest BCUT2D eigenvalue weighted by Gasteiger charge is -2.25. The van der Waals surface area contributed by atoms with E-state index in [0.717, 1.165) is 18.7 Å². The van der Waals surface area contributed by atoms with Gasteiger partial charge in [-0.25, -0.2) is 4.39 Å². The summed E-state index contributed by atoms with van der Waals surface area (Å²) in [4.78, 5) is 0. The molecule has 2 atom stereocenters. The van der Waals surface area contributed by atoms with Crippen LogP contribution in [0, 0.1) is 5.82 Å². The Balaban J connectivity index is 1.80. The van der Waals surface area contributed by atoms with E-state index in [1.165, 1.54) is 31.4 Å². The van der Waals surface area contributed by atoms with E-state index in [4.69, 9.17) is 0 Å². The van der Waals surface area contributed by atoms with Crippen molar-refractivity contribution in [2.75, 3.05) is 13.1 Å². The Morgan fingerprint density at radius 2 is 2.12 bits per heavy atom. The molecule has 1 aromatic carbocycles. The largest absolute Gasteiger partial charge is 0.313 e. The Labute approximate surface area is 103 Å². The van der Waals surface area contributed by atoms with Gasteiger partial charge < -0.3 is 10.6 Å². The molecule has 0 aromatic heterocycles. The summed E-state index contributed by atoms with van der Waals surface area (Å²) in [6.45, 7) is 4.24. The van der Waals surface area contributed by atoms with Crippen LogP contribution in [-0.4, -0.2) is 19.1 Å². The third-order valence-electron chi connectivity index (χ3n) is 3.45. The van der Waals surface area contributed by atoms with Crippen molar-refractivity contribution in [2.24, 2.45) is 0 Å². The molecular weight excluding hydrogens is 215 g/mol. The van der Waals surface area contributed by atoms with Crippen LogP contribution in [0.3, 0.4) is 0 Å². The van der Waals surface area contributed by atoms with E-state index in [9.17, 15) is 4.39 Å². The molecule has 0 spiro atoms. The fraction of sp³-hybridized carbons (Fsp3) is 0.571. The Kier molecular flexibility index (Phi) is 4.51. The van der Waals surface area contributed by atoms with Crippen molar-refractivity contribution in [2.45, 2.75) is 38.3 Å². The second kappa shape index (κ2) is 6.12. The third-order valence-corrected chi connectivity index (χ3v) is 3.45. The average molecular weight is 236 g/mol. The summed E-state index contributed by atoms with van der Waals surface area (Å²) in [6.07, 6.45) is 3.87.